The van der Waals surface area contributed by atoms with Gasteiger partial charge in [-0.2, -0.15) is 0 Å². The number of anilines is 1. The molecule has 1 aromatic carbocycles. The number of hydrogen-bond donors (Lipinski definition) is 3. The minimum absolute atomic E-state index is 0.316. The van der Waals surface area contributed by atoms with Crippen molar-refractivity contribution in [1.29, 1.82) is 0 Å². The Labute approximate surface area is 111 Å². The Morgan fingerprint density at radius 1 is 1.50 bits per heavy atom. The maximum atomic E-state index is 11.2. The summed E-state index contributed by atoms with van der Waals surface area (Å²) in [4.78, 5) is 12.0. The largest absolute Gasteiger partial charge is 0.478 e. The molecule has 0 saturated carbocycles. The van der Waals surface area contributed by atoms with Crippen molar-refractivity contribution in [2.75, 3.05) is 18.1 Å². The number of benzene rings is 1. The maximum Gasteiger partial charge on any atom is 0.338 e. The molecule has 1 aromatic rings. The third kappa shape index (κ3) is 4.23. The zero-order valence-corrected chi connectivity index (χ0v) is 11.5. The van der Waals surface area contributed by atoms with Gasteiger partial charge in [0.25, 0.3) is 0 Å². The molecule has 3 N–H and O–H groups in total. The Hall–Kier alpha value is -1.20. The van der Waals surface area contributed by atoms with Crippen LogP contribution in [0.3, 0.4) is 0 Å². The van der Waals surface area contributed by atoms with Crippen LogP contribution < -0.4 is 5.32 Å². The summed E-state index contributed by atoms with van der Waals surface area (Å²) < 4.78 is 0. The van der Waals surface area contributed by atoms with Crippen molar-refractivity contribution in [1.82, 2.24) is 0 Å². The summed E-state index contributed by atoms with van der Waals surface area (Å²) in [5.41, 5.74) is 0.960. The lowest BCUT2D eigenvalue weighted by molar-refractivity contribution is 0.0694. The van der Waals surface area contributed by atoms with Gasteiger partial charge in [0.05, 0.1) is 11.7 Å². The van der Waals surface area contributed by atoms with Crippen LogP contribution in [-0.4, -0.2) is 35.1 Å². The van der Waals surface area contributed by atoms with Gasteiger partial charge in [-0.05, 0) is 38.2 Å². The number of hydrogen-bond acceptors (Lipinski definition) is 4. The van der Waals surface area contributed by atoms with E-state index in [1.807, 2.05) is 12.3 Å². The van der Waals surface area contributed by atoms with Crippen LogP contribution in [0.5, 0.6) is 0 Å². The van der Waals surface area contributed by atoms with E-state index in [1.54, 1.807) is 19.1 Å². The Morgan fingerprint density at radius 3 is 2.78 bits per heavy atom. The van der Waals surface area contributed by atoms with Crippen LogP contribution in [0.4, 0.5) is 5.69 Å². The molecule has 0 aliphatic rings. The molecule has 4 nitrogen and oxygen atoms in total. The van der Waals surface area contributed by atoms with Crippen molar-refractivity contribution in [3.05, 3.63) is 23.8 Å². The lowest BCUT2D eigenvalue weighted by Crippen LogP contribution is -2.10. The predicted molar refractivity (Wildman–Crippen MR) is 74.6 cm³/mol. The summed E-state index contributed by atoms with van der Waals surface area (Å²) in [5, 5.41) is 21.5. The van der Waals surface area contributed by atoms with Crippen LogP contribution in [0.1, 0.15) is 30.1 Å². The smallest absolute Gasteiger partial charge is 0.338 e. The molecule has 18 heavy (non-hydrogen) atoms. The fourth-order valence-corrected chi connectivity index (χ4v) is 2.31. The molecular weight excluding hydrogens is 250 g/mol. The third-order valence-electron chi connectivity index (χ3n) is 2.57. The molecule has 0 bridgehead atoms. The fraction of sp³-hybridized carbons (Fsp3) is 0.462. The normalized spacial score (nSPS) is 12.2. The Morgan fingerprint density at radius 2 is 2.22 bits per heavy atom. The van der Waals surface area contributed by atoms with Crippen LogP contribution in [0.25, 0.3) is 0 Å². The Bertz CT molecular complexity index is 407. The number of thioether (sulfide) groups is 1. The van der Waals surface area contributed by atoms with Gasteiger partial charge in [0.15, 0.2) is 0 Å². The minimum atomic E-state index is -0.919. The lowest BCUT2D eigenvalue weighted by atomic mass is 10.1. The average molecular weight is 269 g/mol. The zero-order chi connectivity index (χ0) is 13.5. The van der Waals surface area contributed by atoms with Gasteiger partial charge in [0, 0.05) is 17.1 Å². The van der Waals surface area contributed by atoms with E-state index in [4.69, 9.17) is 5.11 Å². The summed E-state index contributed by atoms with van der Waals surface area (Å²) in [6.45, 7) is 2.40. The summed E-state index contributed by atoms with van der Waals surface area (Å²) in [7, 11) is 0. The number of aromatic carboxylic acids is 1. The van der Waals surface area contributed by atoms with Gasteiger partial charge in [0.1, 0.15) is 0 Å². The van der Waals surface area contributed by atoms with E-state index in [-0.39, 0.29) is 6.10 Å². The molecular formula is C13H19NO3S. The number of aliphatic hydroxyl groups is 1. The highest BCUT2D eigenvalue weighted by atomic mass is 32.2. The van der Waals surface area contributed by atoms with Crippen LogP contribution in [0.15, 0.2) is 23.1 Å². The number of carboxylic acids is 1. The molecule has 0 spiro atoms. The highest BCUT2D eigenvalue weighted by Gasteiger charge is 2.14. The molecule has 0 amide bonds. The Balaban J connectivity index is 2.72. The standard InChI is InChI=1S/C13H19NO3S/c1-9(15)5-4-8-14-10-6-3-7-11(18-2)12(10)13(16)17/h3,6-7,9,14-15H,4-5,8H2,1-2H3,(H,16,17). The molecule has 1 unspecified atom stereocenters. The average Bonchev–Trinajstić information content (AvgIpc) is 2.33. The summed E-state index contributed by atoms with van der Waals surface area (Å²) >= 11 is 1.42. The van der Waals surface area contributed by atoms with Gasteiger partial charge in [-0.3, -0.25) is 0 Å². The molecule has 0 radical (unpaired) electrons. The van der Waals surface area contributed by atoms with Crippen LogP contribution >= 0.6 is 11.8 Å². The minimum Gasteiger partial charge on any atom is -0.478 e. The van der Waals surface area contributed by atoms with Gasteiger partial charge in [-0.1, -0.05) is 6.07 Å². The maximum absolute atomic E-state index is 11.2. The zero-order valence-electron chi connectivity index (χ0n) is 10.6. The SMILES string of the molecule is CSc1cccc(NCCCC(C)O)c1C(=O)O. The summed E-state index contributed by atoms with van der Waals surface area (Å²) in [6, 6.07) is 5.41. The third-order valence-corrected chi connectivity index (χ3v) is 3.35. The van der Waals surface area contributed by atoms with Crippen LogP contribution in [0, 0.1) is 0 Å². The summed E-state index contributed by atoms with van der Waals surface area (Å²) in [6.07, 6.45) is 3.06. The predicted octanol–water partition coefficient (Wildman–Crippen LogP) is 2.68. The first kappa shape index (κ1) is 14.9. The van der Waals surface area contributed by atoms with Crippen LogP contribution in [-0.2, 0) is 0 Å². The van der Waals surface area contributed by atoms with E-state index < -0.39 is 5.97 Å². The topological polar surface area (TPSA) is 69.6 Å². The second kappa shape index (κ2) is 7.28. The van der Waals surface area contributed by atoms with E-state index in [2.05, 4.69) is 5.32 Å². The van der Waals surface area contributed by atoms with Crippen molar-refractivity contribution < 1.29 is 15.0 Å². The molecule has 0 aliphatic heterocycles. The van der Waals surface area contributed by atoms with Gasteiger partial charge < -0.3 is 15.5 Å². The van der Waals surface area contributed by atoms with Gasteiger partial charge >= 0.3 is 5.97 Å². The van der Waals surface area contributed by atoms with Crippen molar-refractivity contribution in [2.24, 2.45) is 0 Å². The monoisotopic (exact) mass is 269 g/mol. The van der Waals surface area contributed by atoms with E-state index in [1.165, 1.54) is 11.8 Å². The first-order chi connectivity index (χ1) is 8.56. The first-order valence-corrected chi connectivity index (χ1v) is 7.11. The molecule has 1 rings (SSSR count). The molecule has 0 saturated heterocycles. The second-order valence-corrected chi connectivity index (χ2v) is 4.95. The highest BCUT2D eigenvalue weighted by Crippen LogP contribution is 2.27. The van der Waals surface area contributed by atoms with Crippen LogP contribution in [0.2, 0.25) is 0 Å². The van der Waals surface area contributed by atoms with Crippen molar-refractivity contribution >= 4 is 23.4 Å². The van der Waals surface area contributed by atoms with E-state index >= 15 is 0 Å². The number of aliphatic hydroxyl groups excluding tert-OH is 1. The lowest BCUT2D eigenvalue weighted by Gasteiger charge is -2.12. The van der Waals surface area contributed by atoms with Crippen molar-refractivity contribution in [2.45, 2.75) is 30.8 Å². The van der Waals surface area contributed by atoms with Crippen molar-refractivity contribution in [3.63, 3.8) is 0 Å². The van der Waals surface area contributed by atoms with Gasteiger partial charge in [0.2, 0.25) is 0 Å². The molecule has 0 aliphatic carbocycles. The van der Waals surface area contributed by atoms with Gasteiger partial charge in [-0.25, -0.2) is 4.79 Å². The highest BCUT2D eigenvalue weighted by molar-refractivity contribution is 7.98. The molecule has 0 aromatic heterocycles. The first-order valence-electron chi connectivity index (χ1n) is 5.88. The van der Waals surface area contributed by atoms with E-state index in [9.17, 15) is 9.90 Å². The number of rotatable bonds is 7. The summed E-state index contributed by atoms with van der Waals surface area (Å²) in [5.74, 6) is -0.919. The molecule has 0 heterocycles. The number of carbonyl (C=O) groups is 1. The quantitative estimate of drug-likeness (QED) is 0.524. The number of carboxylic acid groups (broad SMARTS) is 1. The Kier molecular flexibility index (Phi) is 6.01. The second-order valence-electron chi connectivity index (χ2n) is 4.11. The molecule has 5 heteroatoms. The molecule has 0 fully saturated rings. The van der Waals surface area contributed by atoms with E-state index in [0.29, 0.717) is 24.2 Å². The van der Waals surface area contributed by atoms with E-state index in [0.717, 1.165) is 11.3 Å². The van der Waals surface area contributed by atoms with Crippen molar-refractivity contribution in [3.8, 4) is 0 Å². The number of nitrogens with one attached hydrogen (secondary N) is 1. The molecule has 100 valence electrons. The molecule has 1 atom stereocenters. The fourth-order valence-electron chi connectivity index (χ4n) is 1.69. The van der Waals surface area contributed by atoms with Gasteiger partial charge in [-0.15, -0.1) is 11.8 Å².